The Balaban J connectivity index is 1.68. The molecule has 6 heteroatoms. The highest BCUT2D eigenvalue weighted by Gasteiger charge is 2.25. The van der Waals surface area contributed by atoms with Crippen LogP contribution in [-0.2, 0) is 17.8 Å². The summed E-state index contributed by atoms with van der Waals surface area (Å²) >= 11 is 1.44. The first-order valence-corrected chi connectivity index (χ1v) is 6.40. The molecule has 1 aliphatic rings. The van der Waals surface area contributed by atoms with Crippen LogP contribution in [0.1, 0.15) is 12.1 Å². The second-order valence-corrected chi connectivity index (χ2v) is 4.99. The van der Waals surface area contributed by atoms with E-state index in [0.717, 1.165) is 25.1 Å². The maximum atomic E-state index is 12.0. The van der Waals surface area contributed by atoms with Crippen LogP contribution in [0, 0.1) is 5.92 Å². The first kappa shape index (κ1) is 10.5. The first-order chi connectivity index (χ1) is 8.33. The van der Waals surface area contributed by atoms with Gasteiger partial charge in [-0.25, -0.2) is 9.97 Å². The molecule has 1 amide bonds. The highest BCUT2D eigenvalue weighted by atomic mass is 32.1. The fraction of sp³-hybridized carbons (Fsp3) is 0.364. The number of rotatable bonds is 2. The third-order valence-corrected chi connectivity index (χ3v) is 3.69. The molecule has 3 heterocycles. The van der Waals surface area contributed by atoms with E-state index in [9.17, 15) is 4.79 Å². The van der Waals surface area contributed by atoms with E-state index in [4.69, 9.17) is 0 Å². The minimum atomic E-state index is 0.0306. The minimum Gasteiger partial charge on any atom is -0.335 e. The molecule has 2 aromatic rings. The number of thiazole rings is 1. The van der Waals surface area contributed by atoms with Gasteiger partial charge in [0.05, 0.1) is 6.33 Å². The molecular weight excluding hydrogens is 236 g/mol. The van der Waals surface area contributed by atoms with Crippen LogP contribution >= 0.6 is 11.3 Å². The maximum absolute atomic E-state index is 12.0. The Hall–Kier alpha value is -1.69. The zero-order chi connectivity index (χ0) is 11.7. The molecule has 17 heavy (non-hydrogen) atoms. The van der Waals surface area contributed by atoms with Crippen LogP contribution in [-0.4, -0.2) is 20.4 Å². The van der Waals surface area contributed by atoms with Crippen molar-refractivity contribution in [3.8, 4) is 0 Å². The average molecular weight is 248 g/mol. The predicted molar refractivity (Wildman–Crippen MR) is 64.8 cm³/mol. The number of amides is 1. The lowest BCUT2D eigenvalue weighted by Crippen LogP contribution is -2.29. The van der Waals surface area contributed by atoms with Gasteiger partial charge in [0, 0.05) is 42.4 Å². The Bertz CT molecular complexity index is 519. The average Bonchev–Trinajstić information content (AvgIpc) is 2.97. The van der Waals surface area contributed by atoms with Crippen molar-refractivity contribution in [2.24, 2.45) is 5.92 Å². The summed E-state index contributed by atoms with van der Waals surface area (Å²) in [6.45, 7) is 0.866. The fourth-order valence-corrected chi connectivity index (χ4v) is 2.62. The number of carbonyl (C=O) groups excluding carboxylic acids is 1. The van der Waals surface area contributed by atoms with Crippen LogP contribution in [0.15, 0.2) is 24.1 Å². The number of imidazole rings is 1. The van der Waals surface area contributed by atoms with Crippen molar-refractivity contribution in [2.45, 2.75) is 19.4 Å². The number of hydrogen-bond acceptors (Lipinski definition) is 4. The maximum Gasteiger partial charge on any atom is 0.229 e. The van der Waals surface area contributed by atoms with Crippen LogP contribution in [0.4, 0.5) is 5.13 Å². The molecule has 1 aliphatic heterocycles. The summed E-state index contributed by atoms with van der Waals surface area (Å²) in [5.74, 6) is 0.0931. The van der Waals surface area contributed by atoms with Gasteiger partial charge in [-0.2, -0.15) is 0 Å². The smallest absolute Gasteiger partial charge is 0.229 e. The van der Waals surface area contributed by atoms with E-state index in [0.29, 0.717) is 5.13 Å². The molecule has 1 N–H and O–H groups in total. The van der Waals surface area contributed by atoms with Crippen LogP contribution in [0.5, 0.6) is 0 Å². The molecule has 88 valence electrons. The SMILES string of the molecule is O=C(Nc1nccs1)C1CCn2cncc2C1. The molecular formula is C11H12N4OS. The van der Waals surface area contributed by atoms with Crippen molar-refractivity contribution >= 4 is 22.4 Å². The normalized spacial score (nSPS) is 18.7. The van der Waals surface area contributed by atoms with Crippen molar-refractivity contribution < 1.29 is 4.79 Å². The number of aromatic nitrogens is 3. The largest absolute Gasteiger partial charge is 0.335 e. The summed E-state index contributed by atoms with van der Waals surface area (Å²) < 4.78 is 2.10. The van der Waals surface area contributed by atoms with E-state index in [1.165, 1.54) is 11.3 Å². The number of nitrogens with one attached hydrogen (secondary N) is 1. The Morgan fingerprint density at radius 3 is 3.35 bits per heavy atom. The Labute approximate surface area is 103 Å². The summed E-state index contributed by atoms with van der Waals surface area (Å²) in [5.41, 5.74) is 1.13. The lowest BCUT2D eigenvalue weighted by molar-refractivity contribution is -0.120. The van der Waals surface area contributed by atoms with Gasteiger partial charge in [0.1, 0.15) is 0 Å². The van der Waals surface area contributed by atoms with Crippen LogP contribution < -0.4 is 5.32 Å². The van der Waals surface area contributed by atoms with E-state index in [-0.39, 0.29) is 11.8 Å². The van der Waals surface area contributed by atoms with Gasteiger partial charge in [0.25, 0.3) is 0 Å². The molecule has 0 fully saturated rings. The Morgan fingerprint density at radius 2 is 2.53 bits per heavy atom. The standard InChI is InChI=1S/C11H12N4OS/c16-10(14-11-13-2-4-17-11)8-1-3-15-7-12-6-9(15)5-8/h2,4,6-8H,1,3,5H2,(H,13,14,16). The third kappa shape index (κ3) is 2.08. The Kier molecular flexibility index (Phi) is 2.64. The summed E-state index contributed by atoms with van der Waals surface area (Å²) in [6, 6.07) is 0. The Morgan fingerprint density at radius 1 is 1.59 bits per heavy atom. The molecule has 0 saturated heterocycles. The number of fused-ring (bicyclic) bond motifs is 1. The van der Waals surface area contributed by atoms with Gasteiger partial charge in [-0.05, 0) is 6.42 Å². The second-order valence-electron chi connectivity index (χ2n) is 4.09. The third-order valence-electron chi connectivity index (χ3n) is 3.01. The van der Waals surface area contributed by atoms with Crippen molar-refractivity contribution in [1.82, 2.24) is 14.5 Å². The van der Waals surface area contributed by atoms with Gasteiger partial charge in [0.15, 0.2) is 5.13 Å². The van der Waals surface area contributed by atoms with E-state index in [1.54, 1.807) is 6.20 Å². The summed E-state index contributed by atoms with van der Waals surface area (Å²) in [7, 11) is 0. The molecule has 2 aromatic heterocycles. The van der Waals surface area contributed by atoms with Crippen LogP contribution in [0.2, 0.25) is 0 Å². The molecule has 0 aliphatic carbocycles. The molecule has 5 nitrogen and oxygen atoms in total. The fourth-order valence-electron chi connectivity index (χ4n) is 2.09. The first-order valence-electron chi connectivity index (χ1n) is 5.52. The predicted octanol–water partition coefficient (Wildman–Crippen LogP) is 1.54. The number of anilines is 1. The number of hydrogen-bond donors (Lipinski definition) is 1. The topological polar surface area (TPSA) is 59.8 Å². The number of aryl methyl sites for hydroxylation is 1. The van der Waals surface area contributed by atoms with E-state index < -0.39 is 0 Å². The van der Waals surface area contributed by atoms with Crippen molar-refractivity contribution in [2.75, 3.05) is 5.32 Å². The summed E-state index contributed by atoms with van der Waals surface area (Å²) in [4.78, 5) is 20.2. The zero-order valence-corrected chi connectivity index (χ0v) is 9.98. The number of carbonyl (C=O) groups is 1. The molecule has 0 radical (unpaired) electrons. The monoisotopic (exact) mass is 248 g/mol. The van der Waals surface area contributed by atoms with Crippen molar-refractivity contribution in [3.05, 3.63) is 29.8 Å². The van der Waals surface area contributed by atoms with E-state index in [2.05, 4.69) is 19.9 Å². The lowest BCUT2D eigenvalue weighted by atomic mass is 9.95. The van der Waals surface area contributed by atoms with Crippen LogP contribution in [0.25, 0.3) is 0 Å². The quantitative estimate of drug-likeness (QED) is 0.877. The van der Waals surface area contributed by atoms with Crippen LogP contribution in [0.3, 0.4) is 0 Å². The molecule has 3 rings (SSSR count). The van der Waals surface area contributed by atoms with Crippen molar-refractivity contribution in [3.63, 3.8) is 0 Å². The van der Waals surface area contributed by atoms with Crippen molar-refractivity contribution in [1.29, 1.82) is 0 Å². The lowest BCUT2D eigenvalue weighted by Gasteiger charge is -2.22. The van der Waals surface area contributed by atoms with Gasteiger partial charge in [-0.3, -0.25) is 4.79 Å². The van der Waals surface area contributed by atoms with Gasteiger partial charge in [-0.15, -0.1) is 11.3 Å². The van der Waals surface area contributed by atoms with Gasteiger partial charge in [-0.1, -0.05) is 0 Å². The molecule has 0 bridgehead atoms. The molecule has 0 spiro atoms. The molecule has 0 aromatic carbocycles. The van der Waals surface area contributed by atoms with E-state index >= 15 is 0 Å². The highest BCUT2D eigenvalue weighted by molar-refractivity contribution is 7.13. The zero-order valence-electron chi connectivity index (χ0n) is 9.17. The molecule has 1 atom stereocenters. The molecule has 1 unspecified atom stereocenters. The summed E-state index contributed by atoms with van der Waals surface area (Å²) in [5, 5.41) is 5.38. The second kappa shape index (κ2) is 4.29. The number of nitrogens with zero attached hydrogens (tertiary/aromatic N) is 3. The van der Waals surface area contributed by atoms with E-state index in [1.807, 2.05) is 17.9 Å². The van der Waals surface area contributed by atoms with Gasteiger partial charge < -0.3 is 9.88 Å². The van der Waals surface area contributed by atoms with Gasteiger partial charge in [0.2, 0.25) is 5.91 Å². The summed E-state index contributed by atoms with van der Waals surface area (Å²) in [6.07, 6.45) is 6.97. The minimum absolute atomic E-state index is 0.0306. The highest BCUT2D eigenvalue weighted by Crippen LogP contribution is 2.22. The molecule has 0 saturated carbocycles. The van der Waals surface area contributed by atoms with Gasteiger partial charge >= 0.3 is 0 Å².